The number of benzene rings is 3. The summed E-state index contributed by atoms with van der Waals surface area (Å²) < 4.78 is 106. The molecule has 0 amide bonds. The number of anilines is 2. The highest BCUT2D eigenvalue weighted by molar-refractivity contribution is 5.52. The summed E-state index contributed by atoms with van der Waals surface area (Å²) in [6.07, 6.45) is -5.24. The zero-order valence-corrected chi connectivity index (χ0v) is 14.7. The van der Waals surface area contributed by atoms with Crippen molar-refractivity contribution in [3.8, 4) is 23.0 Å². The minimum absolute atomic E-state index is 0.0704. The van der Waals surface area contributed by atoms with Crippen molar-refractivity contribution in [3.05, 3.63) is 71.3 Å². The molecule has 0 aliphatic rings. The predicted molar refractivity (Wildman–Crippen MR) is 93.1 cm³/mol. The lowest BCUT2D eigenvalue weighted by molar-refractivity contribution is -0.139. The van der Waals surface area contributed by atoms with Crippen LogP contribution in [0, 0.1) is 23.3 Å². The Bertz CT molecular complexity index is 1080. The molecule has 0 aliphatic heterocycles. The maximum Gasteiger partial charge on any atom is 0.420 e. The lowest BCUT2D eigenvalue weighted by atomic mass is 10.1. The molecule has 158 valence electrons. The van der Waals surface area contributed by atoms with E-state index in [2.05, 4.69) is 0 Å². The first kappa shape index (κ1) is 21.1. The average molecular weight is 432 g/mol. The predicted octanol–water partition coefficient (Wildman–Crippen LogP) is 6.01. The summed E-state index contributed by atoms with van der Waals surface area (Å²) in [4.78, 5) is 0. The van der Waals surface area contributed by atoms with Crippen LogP contribution in [0.15, 0.2) is 42.5 Å². The summed E-state index contributed by atoms with van der Waals surface area (Å²) in [6.45, 7) is 0. The number of nitrogen functional groups attached to an aromatic ring is 2. The van der Waals surface area contributed by atoms with Crippen LogP contribution in [0.3, 0.4) is 0 Å². The lowest BCUT2D eigenvalue weighted by Gasteiger charge is -2.18. The monoisotopic (exact) mass is 432 g/mol. The SMILES string of the molecule is Nc1cc(F)cc(Oc2c(F)cc(C(F)(F)F)c(Oc3cc(N)cc(F)c3)c2F)c1. The zero-order valence-electron chi connectivity index (χ0n) is 14.7. The summed E-state index contributed by atoms with van der Waals surface area (Å²) in [5, 5.41) is 0. The highest BCUT2D eigenvalue weighted by atomic mass is 19.4. The Morgan fingerprint density at radius 3 is 1.53 bits per heavy atom. The maximum atomic E-state index is 14.9. The Balaban J connectivity index is 2.14. The molecule has 30 heavy (non-hydrogen) atoms. The second kappa shape index (κ2) is 7.65. The van der Waals surface area contributed by atoms with E-state index < -0.39 is 58.0 Å². The number of rotatable bonds is 4. The summed E-state index contributed by atoms with van der Waals surface area (Å²) in [6, 6.07) is 4.94. The van der Waals surface area contributed by atoms with Gasteiger partial charge >= 0.3 is 6.18 Å². The topological polar surface area (TPSA) is 70.5 Å². The first-order valence-electron chi connectivity index (χ1n) is 8.01. The van der Waals surface area contributed by atoms with E-state index in [1.165, 1.54) is 0 Å². The number of nitrogens with two attached hydrogens (primary N) is 2. The molecule has 0 aliphatic carbocycles. The molecule has 0 heterocycles. The second-order valence-electron chi connectivity index (χ2n) is 6.02. The molecule has 0 unspecified atom stereocenters. The summed E-state index contributed by atoms with van der Waals surface area (Å²) in [5.74, 6) is -9.38. The third-order valence-corrected chi connectivity index (χ3v) is 3.66. The molecule has 3 rings (SSSR count). The summed E-state index contributed by atoms with van der Waals surface area (Å²) in [5.41, 5.74) is 8.59. The molecule has 0 spiro atoms. The second-order valence-corrected chi connectivity index (χ2v) is 6.02. The molecular weight excluding hydrogens is 421 g/mol. The van der Waals surface area contributed by atoms with Gasteiger partial charge in [-0.15, -0.1) is 0 Å². The van der Waals surface area contributed by atoms with E-state index in [4.69, 9.17) is 20.9 Å². The van der Waals surface area contributed by atoms with Gasteiger partial charge in [-0.3, -0.25) is 0 Å². The Morgan fingerprint density at radius 1 is 0.633 bits per heavy atom. The number of hydrogen-bond acceptors (Lipinski definition) is 4. The van der Waals surface area contributed by atoms with Gasteiger partial charge in [-0.05, 0) is 18.2 Å². The van der Waals surface area contributed by atoms with Crippen molar-refractivity contribution in [3.63, 3.8) is 0 Å². The molecule has 4 N–H and O–H groups in total. The van der Waals surface area contributed by atoms with Crippen molar-refractivity contribution in [2.75, 3.05) is 11.5 Å². The van der Waals surface area contributed by atoms with Crippen LogP contribution in [0.2, 0.25) is 0 Å². The highest BCUT2D eigenvalue weighted by Gasteiger charge is 2.39. The van der Waals surface area contributed by atoms with Gasteiger partial charge in [-0.2, -0.15) is 17.6 Å². The van der Waals surface area contributed by atoms with Crippen molar-refractivity contribution < 1.29 is 40.2 Å². The van der Waals surface area contributed by atoms with Crippen LogP contribution in [0.1, 0.15) is 5.56 Å². The normalized spacial score (nSPS) is 11.4. The fourth-order valence-electron chi connectivity index (χ4n) is 2.51. The standard InChI is InChI=1S/C19H11F7N2O2/c20-8-1-10(27)5-12(3-8)29-17-14(19(24,25)26)7-15(22)18(16(17)23)30-13-4-9(21)2-11(28)6-13/h1-7H,27-28H2. The zero-order chi connectivity index (χ0) is 22.2. The van der Waals surface area contributed by atoms with Gasteiger partial charge in [0.25, 0.3) is 0 Å². The molecular formula is C19H11F7N2O2. The number of hydrogen-bond donors (Lipinski definition) is 2. The van der Waals surface area contributed by atoms with Gasteiger partial charge in [0.1, 0.15) is 28.7 Å². The fraction of sp³-hybridized carbons (Fsp3) is 0.0526. The van der Waals surface area contributed by atoms with Crippen LogP contribution >= 0.6 is 0 Å². The number of alkyl halides is 3. The third-order valence-electron chi connectivity index (χ3n) is 3.66. The van der Waals surface area contributed by atoms with Gasteiger partial charge in [0.2, 0.25) is 11.6 Å². The highest BCUT2D eigenvalue weighted by Crippen LogP contribution is 2.45. The largest absolute Gasteiger partial charge is 0.453 e. The molecule has 3 aromatic rings. The van der Waals surface area contributed by atoms with Gasteiger partial charge in [-0.1, -0.05) is 0 Å². The van der Waals surface area contributed by atoms with Crippen LogP contribution in [-0.4, -0.2) is 0 Å². The van der Waals surface area contributed by atoms with Crippen LogP contribution in [0.5, 0.6) is 23.0 Å². The molecule has 0 atom stereocenters. The molecule has 11 heteroatoms. The van der Waals surface area contributed by atoms with Crippen LogP contribution in [0.4, 0.5) is 42.1 Å². The number of halogens is 7. The Labute approximate surface area is 164 Å². The van der Waals surface area contributed by atoms with E-state index in [0.29, 0.717) is 12.1 Å². The summed E-state index contributed by atoms with van der Waals surface area (Å²) >= 11 is 0. The molecule has 0 saturated carbocycles. The minimum atomic E-state index is -5.24. The molecule has 0 aromatic heterocycles. The van der Waals surface area contributed by atoms with Gasteiger partial charge in [0.05, 0.1) is 0 Å². The molecule has 0 fully saturated rings. The lowest BCUT2D eigenvalue weighted by Crippen LogP contribution is -2.11. The van der Waals surface area contributed by atoms with E-state index in [1.54, 1.807) is 0 Å². The smallest absolute Gasteiger partial charge is 0.420 e. The molecule has 0 saturated heterocycles. The van der Waals surface area contributed by atoms with Crippen molar-refractivity contribution in [1.29, 1.82) is 0 Å². The summed E-state index contributed by atoms with van der Waals surface area (Å²) in [7, 11) is 0. The Hall–Kier alpha value is -3.63. The van der Waals surface area contributed by atoms with Crippen molar-refractivity contribution in [2.24, 2.45) is 0 Å². The Kier molecular flexibility index (Phi) is 5.38. The van der Waals surface area contributed by atoms with Crippen molar-refractivity contribution in [2.45, 2.75) is 6.18 Å². The van der Waals surface area contributed by atoms with E-state index in [-0.39, 0.29) is 17.4 Å². The van der Waals surface area contributed by atoms with Crippen LogP contribution in [-0.2, 0) is 6.18 Å². The van der Waals surface area contributed by atoms with Crippen molar-refractivity contribution in [1.82, 2.24) is 0 Å². The maximum absolute atomic E-state index is 14.9. The molecule has 0 radical (unpaired) electrons. The van der Waals surface area contributed by atoms with E-state index in [1.807, 2.05) is 0 Å². The van der Waals surface area contributed by atoms with E-state index >= 15 is 0 Å². The van der Waals surface area contributed by atoms with Gasteiger partial charge < -0.3 is 20.9 Å². The minimum Gasteiger partial charge on any atom is -0.453 e. The third kappa shape index (κ3) is 4.50. The molecule has 3 aromatic carbocycles. The molecule has 0 bridgehead atoms. The van der Waals surface area contributed by atoms with Gasteiger partial charge in [-0.25, -0.2) is 13.2 Å². The number of ether oxygens (including phenoxy) is 2. The van der Waals surface area contributed by atoms with Gasteiger partial charge in [0, 0.05) is 35.6 Å². The average Bonchev–Trinajstić information content (AvgIpc) is 2.58. The first-order valence-corrected chi connectivity index (χ1v) is 8.01. The van der Waals surface area contributed by atoms with Crippen LogP contribution in [0.25, 0.3) is 0 Å². The van der Waals surface area contributed by atoms with Crippen LogP contribution < -0.4 is 20.9 Å². The van der Waals surface area contributed by atoms with E-state index in [9.17, 15) is 30.7 Å². The Morgan fingerprint density at radius 2 is 1.10 bits per heavy atom. The van der Waals surface area contributed by atoms with E-state index in [0.717, 1.165) is 24.3 Å². The fourth-order valence-corrected chi connectivity index (χ4v) is 2.51. The quantitative estimate of drug-likeness (QED) is 0.391. The first-order chi connectivity index (χ1) is 13.9. The molecule has 4 nitrogen and oxygen atoms in total. The van der Waals surface area contributed by atoms with Gasteiger partial charge in [0.15, 0.2) is 11.6 Å². The van der Waals surface area contributed by atoms with Crippen molar-refractivity contribution >= 4 is 11.4 Å².